The van der Waals surface area contributed by atoms with Crippen molar-refractivity contribution >= 4 is 0 Å². The van der Waals surface area contributed by atoms with E-state index in [4.69, 9.17) is 5.11 Å². The minimum Gasteiger partial charge on any atom is -0.390 e. The zero-order chi connectivity index (χ0) is 12.3. The number of benzene rings is 1. The molecule has 0 aliphatic heterocycles. The van der Waals surface area contributed by atoms with E-state index in [9.17, 15) is 0 Å². The number of hydrogen-bond acceptors (Lipinski definition) is 3. The molecule has 0 aliphatic carbocycles. The molecule has 0 atom stereocenters. The second-order valence-electron chi connectivity index (χ2n) is 4.14. The highest BCUT2D eigenvalue weighted by molar-refractivity contribution is 5.23. The Bertz CT molecular complexity index is 505. The lowest BCUT2D eigenvalue weighted by Crippen LogP contribution is -2.06. The predicted octanol–water partition coefficient (Wildman–Crippen LogP) is 1.69. The lowest BCUT2D eigenvalue weighted by Gasteiger charge is -2.06. The summed E-state index contributed by atoms with van der Waals surface area (Å²) in [5, 5.41) is 17.2. The van der Waals surface area contributed by atoms with Crippen LogP contribution in [0.25, 0.3) is 0 Å². The quantitative estimate of drug-likeness (QED) is 0.871. The van der Waals surface area contributed by atoms with Gasteiger partial charge < -0.3 is 5.11 Å². The average Bonchev–Trinajstić information content (AvgIpc) is 2.71. The van der Waals surface area contributed by atoms with Gasteiger partial charge in [-0.05, 0) is 18.9 Å². The van der Waals surface area contributed by atoms with Crippen LogP contribution in [0.15, 0.2) is 24.3 Å². The Labute approximate surface area is 101 Å². The Morgan fingerprint density at radius 2 is 2.18 bits per heavy atom. The first-order valence-corrected chi connectivity index (χ1v) is 5.82. The molecule has 0 radical (unpaired) electrons. The fraction of sp³-hybridized carbons (Fsp3) is 0.385. The van der Waals surface area contributed by atoms with Gasteiger partial charge >= 0.3 is 0 Å². The predicted molar refractivity (Wildman–Crippen MR) is 65.6 cm³/mol. The van der Waals surface area contributed by atoms with E-state index in [1.54, 1.807) is 0 Å². The highest BCUT2D eigenvalue weighted by atomic mass is 16.3. The molecular weight excluding hydrogens is 214 g/mol. The Balaban J connectivity index is 2.27. The molecule has 2 aromatic rings. The maximum Gasteiger partial charge on any atom is 0.111 e. The van der Waals surface area contributed by atoms with Gasteiger partial charge in [-0.25, -0.2) is 4.68 Å². The summed E-state index contributed by atoms with van der Waals surface area (Å²) in [5.74, 6) is 0. The van der Waals surface area contributed by atoms with Gasteiger partial charge in [-0.1, -0.05) is 42.0 Å². The highest BCUT2D eigenvalue weighted by Crippen LogP contribution is 2.11. The Morgan fingerprint density at radius 3 is 2.82 bits per heavy atom. The molecule has 1 heterocycles. The van der Waals surface area contributed by atoms with Gasteiger partial charge in [0.15, 0.2) is 0 Å². The molecule has 0 saturated carbocycles. The molecule has 1 N–H and O–H groups in total. The van der Waals surface area contributed by atoms with Gasteiger partial charge in [0, 0.05) is 0 Å². The van der Waals surface area contributed by atoms with E-state index < -0.39 is 0 Å². The van der Waals surface area contributed by atoms with Gasteiger partial charge in [-0.2, -0.15) is 0 Å². The smallest absolute Gasteiger partial charge is 0.111 e. The Morgan fingerprint density at radius 1 is 1.35 bits per heavy atom. The summed E-state index contributed by atoms with van der Waals surface area (Å²) in [5.41, 5.74) is 4.13. The minimum atomic E-state index is -0.0447. The summed E-state index contributed by atoms with van der Waals surface area (Å²) in [6, 6.07) is 8.33. The van der Waals surface area contributed by atoms with Gasteiger partial charge in [0.1, 0.15) is 5.69 Å². The average molecular weight is 231 g/mol. The molecule has 17 heavy (non-hydrogen) atoms. The molecule has 0 saturated heterocycles. The fourth-order valence-corrected chi connectivity index (χ4v) is 1.99. The van der Waals surface area contributed by atoms with Crippen molar-refractivity contribution < 1.29 is 5.11 Å². The van der Waals surface area contributed by atoms with Crippen molar-refractivity contribution in [3.8, 4) is 0 Å². The van der Waals surface area contributed by atoms with Crippen molar-refractivity contribution in [3.05, 3.63) is 46.8 Å². The molecule has 0 aliphatic rings. The molecule has 1 aromatic carbocycles. The number of aryl methyl sites for hydroxylation is 1. The molecule has 1 aromatic heterocycles. The Kier molecular flexibility index (Phi) is 3.54. The van der Waals surface area contributed by atoms with Gasteiger partial charge in [0.05, 0.1) is 18.8 Å². The zero-order valence-corrected chi connectivity index (χ0v) is 10.2. The molecule has 2 rings (SSSR count). The first-order chi connectivity index (χ1) is 8.24. The van der Waals surface area contributed by atoms with Crippen LogP contribution in [0.5, 0.6) is 0 Å². The second kappa shape index (κ2) is 5.10. The number of aliphatic hydroxyl groups is 1. The van der Waals surface area contributed by atoms with E-state index in [1.807, 2.05) is 17.7 Å². The number of hydrogen-bond donors (Lipinski definition) is 1. The topological polar surface area (TPSA) is 50.9 Å². The molecule has 4 nitrogen and oxygen atoms in total. The highest BCUT2D eigenvalue weighted by Gasteiger charge is 2.10. The third-order valence-corrected chi connectivity index (χ3v) is 2.82. The molecule has 0 spiro atoms. The summed E-state index contributed by atoms with van der Waals surface area (Å²) >= 11 is 0. The van der Waals surface area contributed by atoms with E-state index in [0.29, 0.717) is 12.2 Å². The van der Waals surface area contributed by atoms with Crippen LogP contribution in [0.1, 0.15) is 29.4 Å². The lowest BCUT2D eigenvalue weighted by molar-refractivity contribution is 0.275. The second-order valence-corrected chi connectivity index (χ2v) is 4.14. The maximum atomic E-state index is 9.16. The largest absolute Gasteiger partial charge is 0.390 e. The van der Waals surface area contributed by atoms with E-state index in [2.05, 4.69) is 35.4 Å². The third kappa shape index (κ3) is 2.53. The SMILES string of the molecule is CCc1c(CO)nnn1Cc1cccc(C)c1. The standard InChI is InChI=1S/C13H17N3O/c1-3-13-12(9-17)14-15-16(13)8-11-6-4-5-10(2)7-11/h4-7,17H,3,8-9H2,1-2H3. The minimum absolute atomic E-state index is 0.0447. The number of rotatable bonds is 4. The molecular formula is C13H17N3O. The van der Waals surface area contributed by atoms with Crippen LogP contribution in [-0.4, -0.2) is 20.1 Å². The summed E-state index contributed by atoms with van der Waals surface area (Å²) in [6.45, 7) is 4.78. The summed E-state index contributed by atoms with van der Waals surface area (Å²) in [7, 11) is 0. The summed E-state index contributed by atoms with van der Waals surface area (Å²) < 4.78 is 1.86. The van der Waals surface area contributed by atoms with E-state index in [0.717, 1.165) is 12.1 Å². The van der Waals surface area contributed by atoms with Crippen LogP contribution in [0, 0.1) is 6.92 Å². The van der Waals surface area contributed by atoms with Crippen LogP contribution >= 0.6 is 0 Å². The molecule has 90 valence electrons. The fourth-order valence-electron chi connectivity index (χ4n) is 1.99. The third-order valence-electron chi connectivity index (χ3n) is 2.82. The Hall–Kier alpha value is -1.68. The first kappa shape index (κ1) is 11.8. The normalized spacial score (nSPS) is 10.8. The van der Waals surface area contributed by atoms with Crippen molar-refractivity contribution in [2.45, 2.75) is 33.4 Å². The summed E-state index contributed by atoms with van der Waals surface area (Å²) in [4.78, 5) is 0. The van der Waals surface area contributed by atoms with Crippen LogP contribution in [0.2, 0.25) is 0 Å². The van der Waals surface area contributed by atoms with Crippen molar-refractivity contribution in [2.75, 3.05) is 0 Å². The van der Waals surface area contributed by atoms with Crippen LogP contribution in [0.3, 0.4) is 0 Å². The van der Waals surface area contributed by atoms with Gasteiger partial charge in [0.25, 0.3) is 0 Å². The first-order valence-electron chi connectivity index (χ1n) is 5.82. The van der Waals surface area contributed by atoms with Crippen molar-refractivity contribution in [1.82, 2.24) is 15.0 Å². The molecule has 4 heteroatoms. The number of aliphatic hydroxyl groups excluding tert-OH is 1. The van der Waals surface area contributed by atoms with Crippen LogP contribution < -0.4 is 0 Å². The maximum absolute atomic E-state index is 9.16. The number of aromatic nitrogens is 3. The van der Waals surface area contributed by atoms with E-state index >= 15 is 0 Å². The van der Waals surface area contributed by atoms with Gasteiger partial charge in [-0.3, -0.25) is 0 Å². The van der Waals surface area contributed by atoms with E-state index in [-0.39, 0.29) is 6.61 Å². The molecule has 0 bridgehead atoms. The molecule has 0 amide bonds. The van der Waals surface area contributed by atoms with Crippen molar-refractivity contribution in [3.63, 3.8) is 0 Å². The monoisotopic (exact) mass is 231 g/mol. The number of nitrogens with zero attached hydrogens (tertiary/aromatic N) is 3. The summed E-state index contributed by atoms with van der Waals surface area (Å²) in [6.07, 6.45) is 0.828. The van der Waals surface area contributed by atoms with Gasteiger partial charge in [-0.15, -0.1) is 5.10 Å². The van der Waals surface area contributed by atoms with E-state index in [1.165, 1.54) is 11.1 Å². The molecule has 0 unspecified atom stereocenters. The van der Waals surface area contributed by atoms with Crippen LogP contribution in [0.4, 0.5) is 0 Å². The lowest BCUT2D eigenvalue weighted by atomic mass is 10.1. The van der Waals surface area contributed by atoms with Gasteiger partial charge in [0.2, 0.25) is 0 Å². The molecule has 0 fully saturated rings. The van der Waals surface area contributed by atoms with Crippen molar-refractivity contribution in [2.24, 2.45) is 0 Å². The van der Waals surface area contributed by atoms with Crippen LogP contribution in [-0.2, 0) is 19.6 Å². The zero-order valence-electron chi connectivity index (χ0n) is 10.2. The van der Waals surface area contributed by atoms with Crippen molar-refractivity contribution in [1.29, 1.82) is 0 Å².